The molecule has 0 aliphatic carbocycles. The number of thiophene rings is 2. The number of fused-ring (bicyclic) bond motifs is 11. The largest absolute Gasteiger partial charge is 0.304 e. The first-order valence-electron chi connectivity index (χ1n) is 24.4. The van der Waals surface area contributed by atoms with E-state index in [9.17, 15) is 10.5 Å². The van der Waals surface area contributed by atoms with Gasteiger partial charge in [-0.2, -0.15) is 10.5 Å². The Morgan fingerprint density at radius 1 is 0.301 bits per heavy atom. The minimum atomic E-state index is 0.434. The van der Waals surface area contributed by atoms with Crippen molar-refractivity contribution in [3.05, 3.63) is 248 Å². The van der Waals surface area contributed by atoms with Gasteiger partial charge in [0.15, 0.2) is 0 Å². The fraction of sp³-hybridized carbons (Fsp3) is 0. The van der Waals surface area contributed by atoms with Crippen LogP contribution < -0.4 is 0 Å². The smallest absolute Gasteiger partial charge is 0.102 e. The van der Waals surface area contributed by atoms with Crippen LogP contribution in [0.2, 0.25) is 0 Å². The summed E-state index contributed by atoms with van der Waals surface area (Å²) in [5, 5.41) is 31.4. The maximum Gasteiger partial charge on any atom is 0.102 e. The average Bonchev–Trinajstić information content (AvgIpc) is 4.15. The molecule has 0 atom stereocenters. The average molecular weight is 962 g/mol. The maximum absolute atomic E-state index is 12.3. The Morgan fingerprint density at radius 2 is 0.685 bits per heavy atom. The van der Waals surface area contributed by atoms with Crippen LogP contribution in [0.15, 0.2) is 237 Å². The molecule has 73 heavy (non-hydrogen) atoms. The van der Waals surface area contributed by atoms with E-state index in [-0.39, 0.29) is 0 Å². The molecule has 14 rings (SSSR count). The number of rotatable bonds is 7. The molecule has 0 saturated heterocycles. The molecule has 0 radical (unpaired) electrons. The summed E-state index contributed by atoms with van der Waals surface area (Å²) >= 11 is 3.59. The standard InChI is InChI=1S/C68H39N3S2/c69-40-56-60(45-26-12-4-13-27-45)57(41-70)64(71-65-50(34-36-52-48-30-16-18-32-58(48)72-67(52)65)51-35-37-53-49-31-17-19-33-59(49)73-68(53)66(51)71)61(46-28-14-5-15-29-46)63(56)62-54(43-22-8-2-9-23-43)38-47(42-20-6-1-7-21-42)39-55(62)44-24-10-3-11-25-44/h1-39H. The van der Waals surface area contributed by atoms with Crippen molar-refractivity contribution >= 4 is 84.8 Å². The van der Waals surface area contributed by atoms with Crippen LogP contribution in [0, 0.1) is 22.7 Å². The van der Waals surface area contributed by atoms with Crippen LogP contribution in [0.1, 0.15) is 11.1 Å². The topological polar surface area (TPSA) is 52.5 Å². The van der Waals surface area contributed by atoms with Crippen LogP contribution in [0.25, 0.3) is 135 Å². The van der Waals surface area contributed by atoms with Gasteiger partial charge in [0.2, 0.25) is 0 Å². The molecule has 11 aromatic carbocycles. The van der Waals surface area contributed by atoms with E-state index in [0.29, 0.717) is 16.7 Å². The van der Waals surface area contributed by atoms with E-state index in [2.05, 4.69) is 217 Å². The minimum absolute atomic E-state index is 0.434. The molecule has 5 heteroatoms. The molecule has 14 aromatic rings. The second-order valence-electron chi connectivity index (χ2n) is 18.4. The van der Waals surface area contributed by atoms with Crippen LogP contribution in [-0.2, 0) is 0 Å². The zero-order valence-corrected chi connectivity index (χ0v) is 40.8. The van der Waals surface area contributed by atoms with Crippen LogP contribution in [-0.4, -0.2) is 4.57 Å². The van der Waals surface area contributed by atoms with E-state index in [4.69, 9.17) is 0 Å². The summed E-state index contributed by atoms with van der Waals surface area (Å²) in [5.41, 5.74) is 14.6. The van der Waals surface area contributed by atoms with Crippen molar-refractivity contribution in [2.75, 3.05) is 0 Å². The molecule has 3 heterocycles. The van der Waals surface area contributed by atoms with Gasteiger partial charge < -0.3 is 4.57 Å². The molecule has 0 aliphatic heterocycles. The molecule has 0 bridgehead atoms. The first-order valence-corrected chi connectivity index (χ1v) is 26.0. The first kappa shape index (κ1) is 42.5. The van der Waals surface area contributed by atoms with Gasteiger partial charge in [-0.05, 0) is 74.3 Å². The Balaban J connectivity index is 1.29. The highest BCUT2D eigenvalue weighted by molar-refractivity contribution is 7.27. The third-order valence-electron chi connectivity index (χ3n) is 14.5. The fourth-order valence-corrected chi connectivity index (χ4v) is 13.9. The van der Waals surface area contributed by atoms with E-state index in [1.54, 1.807) is 22.7 Å². The molecule has 0 spiro atoms. The number of nitriles is 2. The summed E-state index contributed by atoms with van der Waals surface area (Å²) < 4.78 is 7.12. The van der Waals surface area contributed by atoms with Gasteiger partial charge in [0.25, 0.3) is 0 Å². The second-order valence-corrected chi connectivity index (χ2v) is 20.5. The van der Waals surface area contributed by atoms with Gasteiger partial charge >= 0.3 is 0 Å². The molecule has 3 nitrogen and oxygen atoms in total. The third kappa shape index (κ3) is 6.61. The molecule has 338 valence electrons. The molecule has 0 amide bonds. The lowest BCUT2D eigenvalue weighted by Gasteiger charge is -2.27. The van der Waals surface area contributed by atoms with Crippen LogP contribution in [0.4, 0.5) is 0 Å². The number of benzene rings is 11. The predicted octanol–water partition coefficient (Wildman–Crippen LogP) is 19.3. The van der Waals surface area contributed by atoms with Gasteiger partial charge in [0, 0.05) is 58.4 Å². The van der Waals surface area contributed by atoms with Gasteiger partial charge in [-0.1, -0.05) is 212 Å². The SMILES string of the molecule is N#Cc1c(-c2ccccc2)c(C#N)c(-n2c3c(ccc4c5ccccc5sc43)c3ccc4c5ccccc5sc4c32)c(-c2ccccc2)c1-c1c(-c2ccccc2)cc(-c2ccccc2)cc1-c1ccccc1. The number of aromatic nitrogens is 1. The lowest BCUT2D eigenvalue weighted by atomic mass is 9.77. The number of hydrogen-bond donors (Lipinski definition) is 0. The molecule has 0 N–H and O–H groups in total. The van der Waals surface area contributed by atoms with E-state index < -0.39 is 0 Å². The molecular formula is C68H39N3S2. The van der Waals surface area contributed by atoms with Crippen molar-refractivity contribution in [2.45, 2.75) is 0 Å². The van der Waals surface area contributed by atoms with Crippen LogP contribution in [0.5, 0.6) is 0 Å². The Hall–Kier alpha value is -9.36. The molecule has 0 aliphatic rings. The highest BCUT2D eigenvalue weighted by atomic mass is 32.1. The summed E-state index contributed by atoms with van der Waals surface area (Å²) in [6.45, 7) is 0. The quantitative estimate of drug-likeness (QED) is 0.160. The molecule has 0 unspecified atom stereocenters. The predicted molar refractivity (Wildman–Crippen MR) is 309 cm³/mol. The van der Waals surface area contributed by atoms with Gasteiger partial charge in [-0.15, -0.1) is 22.7 Å². The lowest BCUT2D eigenvalue weighted by molar-refractivity contribution is 1.18. The van der Waals surface area contributed by atoms with Gasteiger partial charge in [0.05, 0.1) is 37.2 Å². The Morgan fingerprint density at radius 3 is 1.14 bits per heavy atom. The normalized spacial score (nSPS) is 11.5. The maximum atomic E-state index is 12.3. The molecule has 3 aromatic heterocycles. The number of nitrogens with zero attached hydrogens (tertiary/aromatic N) is 3. The molecule has 0 saturated carbocycles. The van der Waals surface area contributed by atoms with Gasteiger partial charge in [0.1, 0.15) is 12.1 Å². The van der Waals surface area contributed by atoms with Crippen LogP contribution >= 0.6 is 22.7 Å². The monoisotopic (exact) mass is 961 g/mol. The third-order valence-corrected chi connectivity index (χ3v) is 16.9. The summed E-state index contributed by atoms with van der Waals surface area (Å²) in [6.07, 6.45) is 0. The highest BCUT2D eigenvalue weighted by Gasteiger charge is 2.34. The van der Waals surface area contributed by atoms with E-state index in [1.165, 1.54) is 20.2 Å². The van der Waals surface area contributed by atoms with Crippen molar-refractivity contribution in [3.8, 4) is 84.6 Å². The molecular weight excluding hydrogens is 923 g/mol. The van der Waals surface area contributed by atoms with Gasteiger partial charge in [-0.25, -0.2) is 0 Å². The van der Waals surface area contributed by atoms with E-state index >= 15 is 0 Å². The summed E-state index contributed by atoms with van der Waals surface area (Å²) in [5.74, 6) is 0. The summed E-state index contributed by atoms with van der Waals surface area (Å²) in [7, 11) is 0. The Kier molecular flexibility index (Phi) is 10.0. The Labute approximate surface area is 429 Å². The number of hydrogen-bond acceptors (Lipinski definition) is 4. The summed E-state index contributed by atoms with van der Waals surface area (Å²) in [4.78, 5) is 0. The highest BCUT2D eigenvalue weighted by Crippen LogP contribution is 2.55. The van der Waals surface area contributed by atoms with Crippen molar-refractivity contribution in [2.24, 2.45) is 0 Å². The first-order chi connectivity index (χ1) is 36.2. The lowest BCUT2D eigenvalue weighted by Crippen LogP contribution is -2.09. The fourth-order valence-electron chi connectivity index (χ4n) is 11.4. The zero-order valence-electron chi connectivity index (χ0n) is 39.2. The zero-order chi connectivity index (χ0) is 48.6. The molecule has 0 fully saturated rings. The van der Waals surface area contributed by atoms with E-state index in [0.717, 1.165) is 109 Å². The van der Waals surface area contributed by atoms with Gasteiger partial charge in [-0.3, -0.25) is 0 Å². The van der Waals surface area contributed by atoms with Crippen molar-refractivity contribution < 1.29 is 0 Å². The van der Waals surface area contributed by atoms with Crippen LogP contribution in [0.3, 0.4) is 0 Å². The second kappa shape index (κ2) is 17.2. The Bertz CT molecular complexity index is 4410. The van der Waals surface area contributed by atoms with E-state index in [1.807, 2.05) is 36.4 Å². The van der Waals surface area contributed by atoms with Crippen molar-refractivity contribution in [1.29, 1.82) is 10.5 Å². The summed E-state index contributed by atoms with van der Waals surface area (Å²) in [6, 6.07) is 89.0. The minimum Gasteiger partial charge on any atom is -0.304 e. The van der Waals surface area contributed by atoms with Crippen molar-refractivity contribution in [3.63, 3.8) is 0 Å². The van der Waals surface area contributed by atoms with Crippen molar-refractivity contribution in [1.82, 2.24) is 4.57 Å².